The molecule has 2 aliphatic heterocycles. The summed E-state index contributed by atoms with van der Waals surface area (Å²) in [6, 6.07) is 9.06. The third kappa shape index (κ3) is 4.42. The van der Waals surface area contributed by atoms with Gasteiger partial charge in [0.05, 0.1) is 24.0 Å². The van der Waals surface area contributed by atoms with E-state index < -0.39 is 10.0 Å². The van der Waals surface area contributed by atoms with Gasteiger partial charge in [0.25, 0.3) is 10.0 Å². The van der Waals surface area contributed by atoms with Gasteiger partial charge in [0.1, 0.15) is 14.2 Å². The van der Waals surface area contributed by atoms with Crippen LogP contribution in [0.2, 0.25) is 0 Å². The summed E-state index contributed by atoms with van der Waals surface area (Å²) in [5.41, 5.74) is 2.52. The molecule has 34 heavy (non-hydrogen) atoms. The highest BCUT2D eigenvalue weighted by atomic mass is 32.2. The van der Waals surface area contributed by atoms with Gasteiger partial charge in [-0.3, -0.25) is 14.0 Å². The van der Waals surface area contributed by atoms with E-state index >= 15 is 0 Å². The topological polar surface area (TPSA) is 98.7 Å². The fourth-order valence-corrected chi connectivity index (χ4v) is 7.64. The molecule has 3 aromatic rings. The second-order valence-electron chi connectivity index (χ2n) is 8.43. The molecule has 9 nitrogen and oxygen atoms in total. The van der Waals surface area contributed by atoms with Crippen LogP contribution in [0.3, 0.4) is 0 Å². The van der Waals surface area contributed by atoms with E-state index in [0.29, 0.717) is 9.90 Å². The number of thiophene rings is 1. The predicted molar refractivity (Wildman–Crippen MR) is 134 cm³/mol. The summed E-state index contributed by atoms with van der Waals surface area (Å²) in [4.78, 5) is 15.7. The molecule has 180 valence electrons. The smallest absolute Gasteiger partial charge is 0.273 e. The number of hydrogen-bond donors (Lipinski definition) is 1. The highest BCUT2D eigenvalue weighted by Gasteiger charge is 2.31. The molecule has 1 fully saturated rings. The molecular formula is C22H26N6O3S3. The molecule has 1 atom stereocenters. The Morgan fingerprint density at radius 3 is 2.68 bits per heavy atom. The fraction of sp³-hybridized carbons (Fsp3) is 0.409. The van der Waals surface area contributed by atoms with E-state index in [9.17, 15) is 13.2 Å². The van der Waals surface area contributed by atoms with Gasteiger partial charge >= 0.3 is 0 Å². The number of nitrogens with one attached hydrogen (secondary N) is 1. The number of carbonyl (C=O) groups is 1. The van der Waals surface area contributed by atoms with E-state index in [-0.39, 0.29) is 11.9 Å². The van der Waals surface area contributed by atoms with Crippen molar-refractivity contribution in [3.05, 3.63) is 51.3 Å². The molecule has 1 unspecified atom stereocenters. The van der Waals surface area contributed by atoms with Crippen LogP contribution in [0.4, 0.5) is 11.4 Å². The molecular weight excluding hydrogens is 492 g/mol. The lowest BCUT2D eigenvalue weighted by Crippen LogP contribution is -2.47. The molecule has 0 aliphatic carbocycles. The molecule has 1 saturated heterocycles. The Morgan fingerprint density at radius 1 is 1.18 bits per heavy atom. The van der Waals surface area contributed by atoms with Crippen LogP contribution in [0.5, 0.6) is 0 Å². The van der Waals surface area contributed by atoms with Gasteiger partial charge in [-0.1, -0.05) is 29.5 Å². The second kappa shape index (κ2) is 9.25. The first-order valence-corrected chi connectivity index (χ1v) is 14.2. The molecule has 1 aromatic carbocycles. The van der Waals surface area contributed by atoms with Crippen LogP contribution in [0.1, 0.15) is 28.5 Å². The number of carbonyl (C=O) groups excluding carboxylic acids is 1. The molecule has 0 radical (unpaired) electrons. The molecule has 0 bridgehead atoms. The fourth-order valence-electron chi connectivity index (χ4n) is 4.34. The van der Waals surface area contributed by atoms with Gasteiger partial charge in [0, 0.05) is 46.6 Å². The van der Waals surface area contributed by atoms with Crippen LogP contribution >= 0.6 is 22.7 Å². The molecule has 2 aliphatic rings. The number of benzene rings is 1. The lowest BCUT2D eigenvalue weighted by atomic mass is 10.1. The average Bonchev–Trinajstić information content (AvgIpc) is 3.59. The zero-order valence-electron chi connectivity index (χ0n) is 19.0. The van der Waals surface area contributed by atoms with Crippen molar-refractivity contribution in [2.45, 2.75) is 30.1 Å². The second-order valence-corrected chi connectivity index (χ2v) is 12.7. The Morgan fingerprint density at radius 2 is 1.97 bits per heavy atom. The lowest BCUT2D eigenvalue weighted by Gasteiger charge is -2.33. The third-order valence-electron chi connectivity index (χ3n) is 6.28. The number of aromatic nitrogens is 2. The van der Waals surface area contributed by atoms with Crippen molar-refractivity contribution in [3.8, 4) is 0 Å². The Labute approximate surface area is 207 Å². The number of nitrogens with zero attached hydrogens (tertiary/aromatic N) is 5. The number of sulfonamides is 1. The number of anilines is 2. The highest BCUT2D eigenvalue weighted by molar-refractivity contribution is 7.94. The van der Waals surface area contributed by atoms with Crippen molar-refractivity contribution < 1.29 is 13.2 Å². The molecule has 5 rings (SSSR count). The maximum atomic E-state index is 13.1. The van der Waals surface area contributed by atoms with Gasteiger partial charge in [-0.15, -0.1) is 21.5 Å². The van der Waals surface area contributed by atoms with Crippen molar-refractivity contribution >= 4 is 50.0 Å². The predicted octanol–water partition coefficient (Wildman–Crippen LogP) is 2.80. The Hall–Kier alpha value is -2.54. The summed E-state index contributed by atoms with van der Waals surface area (Å²) < 4.78 is 27.8. The first kappa shape index (κ1) is 23.2. The number of piperazine rings is 1. The van der Waals surface area contributed by atoms with Gasteiger partial charge in [-0.2, -0.15) is 0 Å². The van der Waals surface area contributed by atoms with E-state index in [2.05, 4.69) is 20.4 Å². The summed E-state index contributed by atoms with van der Waals surface area (Å²) >= 11 is 2.79. The number of amides is 1. The van der Waals surface area contributed by atoms with E-state index in [1.165, 1.54) is 15.6 Å². The number of rotatable bonds is 6. The quantitative estimate of drug-likeness (QED) is 0.536. The summed E-state index contributed by atoms with van der Waals surface area (Å²) in [6.07, 6.45) is 0.724. The summed E-state index contributed by atoms with van der Waals surface area (Å²) in [6.45, 7) is 5.47. The van der Waals surface area contributed by atoms with Crippen molar-refractivity contribution in [2.75, 3.05) is 42.8 Å². The molecule has 12 heteroatoms. The van der Waals surface area contributed by atoms with Gasteiger partial charge in [0.2, 0.25) is 5.91 Å². The number of para-hydroxylation sites is 1. The van der Waals surface area contributed by atoms with Crippen LogP contribution in [-0.4, -0.2) is 67.5 Å². The monoisotopic (exact) mass is 518 g/mol. The molecule has 1 N–H and O–H groups in total. The van der Waals surface area contributed by atoms with Gasteiger partial charge in [-0.25, -0.2) is 8.42 Å². The van der Waals surface area contributed by atoms with Crippen LogP contribution in [-0.2, 0) is 27.8 Å². The molecule has 2 aromatic heterocycles. The lowest BCUT2D eigenvalue weighted by molar-refractivity contribution is -0.130. The highest BCUT2D eigenvalue weighted by Crippen LogP contribution is 2.42. The van der Waals surface area contributed by atoms with Crippen molar-refractivity contribution in [1.29, 1.82) is 0 Å². The zero-order valence-corrected chi connectivity index (χ0v) is 21.4. The maximum Gasteiger partial charge on any atom is 0.273 e. The van der Waals surface area contributed by atoms with Crippen LogP contribution < -0.4 is 9.62 Å². The maximum absolute atomic E-state index is 13.1. The van der Waals surface area contributed by atoms with Crippen LogP contribution in [0, 0.1) is 0 Å². The van der Waals surface area contributed by atoms with E-state index in [0.717, 1.165) is 60.4 Å². The van der Waals surface area contributed by atoms with E-state index in [4.69, 9.17) is 0 Å². The van der Waals surface area contributed by atoms with Crippen molar-refractivity contribution in [3.63, 3.8) is 0 Å². The van der Waals surface area contributed by atoms with E-state index in [1.807, 2.05) is 23.1 Å². The first-order valence-electron chi connectivity index (χ1n) is 11.0. The van der Waals surface area contributed by atoms with Crippen molar-refractivity contribution in [1.82, 2.24) is 20.0 Å². The molecule has 1 amide bonds. The Balaban J connectivity index is 1.28. The summed E-state index contributed by atoms with van der Waals surface area (Å²) in [5.74, 6) is 0.123. The largest absolute Gasteiger partial charge is 0.373 e. The SMILES string of the molecule is CC(=O)N1CCN(Cc2nnc(C3Cc4cccc(N(C)S(=O)(=O)c5cccs5)c4N3)s2)CC1. The normalized spacial score (nSPS) is 18.5. The summed E-state index contributed by atoms with van der Waals surface area (Å²) in [5, 5.41) is 15.9. The first-order chi connectivity index (χ1) is 16.3. The molecule has 4 heterocycles. The zero-order chi connectivity index (χ0) is 23.9. The van der Waals surface area contributed by atoms with Gasteiger partial charge in [0.15, 0.2) is 0 Å². The average molecular weight is 519 g/mol. The minimum Gasteiger partial charge on any atom is -0.373 e. The minimum absolute atomic E-state index is 0.0465. The Kier molecular flexibility index (Phi) is 6.32. The number of hydrogen-bond acceptors (Lipinski definition) is 9. The molecule has 0 spiro atoms. The van der Waals surface area contributed by atoms with Crippen LogP contribution in [0.15, 0.2) is 39.9 Å². The standard InChI is InChI=1S/C22H26N6O3S3/c1-15(29)28-10-8-27(9-11-28)14-19-24-25-22(33-19)17-13-16-5-3-6-18(21(16)23-17)26(2)34(30,31)20-7-4-12-32-20/h3-7,12,17,23H,8-11,13-14H2,1-2H3. The van der Waals surface area contributed by atoms with Crippen molar-refractivity contribution in [2.24, 2.45) is 0 Å². The summed E-state index contributed by atoms with van der Waals surface area (Å²) in [7, 11) is -2.03. The van der Waals surface area contributed by atoms with Gasteiger partial charge in [-0.05, 0) is 23.1 Å². The van der Waals surface area contributed by atoms with Gasteiger partial charge < -0.3 is 10.2 Å². The minimum atomic E-state index is -3.62. The number of fused-ring (bicyclic) bond motifs is 1. The molecule has 0 saturated carbocycles. The van der Waals surface area contributed by atoms with Crippen LogP contribution in [0.25, 0.3) is 0 Å². The Bertz CT molecular complexity index is 1280. The third-order valence-corrected chi connectivity index (χ3v) is 10.4. The van der Waals surface area contributed by atoms with E-state index in [1.54, 1.807) is 42.8 Å².